The first-order valence-corrected chi connectivity index (χ1v) is 14.1. The summed E-state index contributed by atoms with van der Waals surface area (Å²) in [5.74, 6) is 0. The minimum atomic E-state index is -2.49. The van der Waals surface area contributed by atoms with E-state index in [-0.39, 0.29) is 0 Å². The standard InChI is InChI=1S/2C10H16N.4ClH.Co/c2*1-11(2,3)9-10-7-5-4-6-8-10;;;;;/h2*4-8H,9H2,1-3H3;4*1H;/q2*+1;;;;;+2/p-4. The van der Waals surface area contributed by atoms with Crippen LogP contribution >= 0.6 is 40.6 Å². The number of rotatable bonds is 4. The van der Waals surface area contributed by atoms with E-state index in [2.05, 4.69) is 103 Å². The van der Waals surface area contributed by atoms with Gasteiger partial charge < -0.3 is 8.97 Å². The number of benzene rings is 2. The molecule has 0 saturated heterocycles. The summed E-state index contributed by atoms with van der Waals surface area (Å²) in [7, 11) is 30.5. The molecule has 27 heavy (non-hydrogen) atoms. The molecule has 0 fully saturated rings. The van der Waals surface area contributed by atoms with Crippen molar-refractivity contribution in [1.82, 2.24) is 0 Å². The van der Waals surface area contributed by atoms with Crippen LogP contribution < -0.4 is 0 Å². The van der Waals surface area contributed by atoms with Gasteiger partial charge in [0.1, 0.15) is 13.1 Å². The van der Waals surface area contributed by atoms with Gasteiger partial charge in [0, 0.05) is 11.1 Å². The van der Waals surface area contributed by atoms with Gasteiger partial charge in [-0.2, -0.15) is 0 Å². The van der Waals surface area contributed by atoms with Gasteiger partial charge in [0.05, 0.1) is 42.3 Å². The molecule has 159 valence electrons. The third kappa shape index (κ3) is 22.2. The Labute approximate surface area is 184 Å². The second-order valence-corrected chi connectivity index (χ2v) is 18.5. The molecular weight excluding hydrogens is 469 g/mol. The van der Waals surface area contributed by atoms with Gasteiger partial charge >= 0.3 is 49.6 Å². The van der Waals surface area contributed by atoms with E-state index in [1.807, 2.05) is 0 Å². The molecule has 2 aromatic carbocycles. The summed E-state index contributed by atoms with van der Waals surface area (Å²) in [6.45, 7) is 2.20. The van der Waals surface area contributed by atoms with E-state index < -0.39 is 9.01 Å². The van der Waals surface area contributed by atoms with Gasteiger partial charge in [0.15, 0.2) is 0 Å². The fourth-order valence-corrected chi connectivity index (χ4v) is 2.26. The van der Waals surface area contributed by atoms with Crippen molar-refractivity contribution in [1.29, 1.82) is 0 Å². The average Bonchev–Trinajstić information content (AvgIpc) is 2.44. The molecule has 2 nitrogen and oxygen atoms in total. The number of quaternary nitrogens is 2. The van der Waals surface area contributed by atoms with E-state index in [0.29, 0.717) is 0 Å². The molecule has 0 radical (unpaired) electrons. The second-order valence-electron chi connectivity index (χ2n) is 8.15. The Morgan fingerprint density at radius 3 is 0.963 bits per heavy atom. The number of halogens is 4. The Morgan fingerprint density at radius 1 is 0.556 bits per heavy atom. The Morgan fingerprint density at radius 2 is 0.778 bits per heavy atom. The van der Waals surface area contributed by atoms with Crippen LogP contribution in [0.5, 0.6) is 0 Å². The molecule has 0 amide bonds. The fraction of sp³-hybridized carbons (Fsp3) is 0.400. The number of hydrogen-bond acceptors (Lipinski definition) is 0. The summed E-state index contributed by atoms with van der Waals surface area (Å²) in [6, 6.07) is 21.1. The molecule has 2 rings (SSSR count). The molecule has 0 spiro atoms. The van der Waals surface area contributed by atoms with Crippen LogP contribution in [-0.2, 0) is 22.1 Å². The van der Waals surface area contributed by atoms with Crippen LogP contribution in [0.2, 0.25) is 0 Å². The van der Waals surface area contributed by atoms with E-state index in [1.54, 1.807) is 0 Å². The zero-order valence-electron chi connectivity index (χ0n) is 16.9. The van der Waals surface area contributed by atoms with Crippen LogP contribution in [0.25, 0.3) is 0 Å². The van der Waals surface area contributed by atoms with E-state index in [9.17, 15) is 0 Å². The number of nitrogens with zero attached hydrogens (tertiary/aromatic N) is 2. The summed E-state index contributed by atoms with van der Waals surface area (Å²) < 4.78 is 1.98. The van der Waals surface area contributed by atoms with Crippen molar-refractivity contribution in [2.24, 2.45) is 0 Å². The van der Waals surface area contributed by atoms with Crippen molar-refractivity contribution >= 4 is 40.6 Å². The predicted molar refractivity (Wildman–Crippen MR) is 120 cm³/mol. The summed E-state index contributed by atoms with van der Waals surface area (Å²) in [5.41, 5.74) is 2.81. The van der Waals surface area contributed by atoms with Crippen molar-refractivity contribution in [2.75, 3.05) is 42.3 Å². The molecule has 0 aromatic heterocycles. The zero-order valence-corrected chi connectivity index (χ0v) is 21.0. The molecule has 0 atom stereocenters. The van der Waals surface area contributed by atoms with Crippen LogP contribution in [0, 0.1) is 0 Å². The van der Waals surface area contributed by atoms with Crippen molar-refractivity contribution < 1.29 is 18.0 Å². The summed E-state index contributed by atoms with van der Waals surface area (Å²) in [6.07, 6.45) is 0. The van der Waals surface area contributed by atoms with Crippen LogP contribution in [0.15, 0.2) is 60.7 Å². The SMILES string of the molecule is C[N+](C)(C)Cc1ccccc1.C[N+](C)(C)Cc1ccccc1.[Cl][Co-2]([Cl])([Cl])[Cl]. The zero-order chi connectivity index (χ0) is 21.1. The first-order valence-electron chi connectivity index (χ1n) is 8.35. The molecule has 0 heterocycles. The maximum absolute atomic E-state index is 4.94. The normalized spacial score (nSPS) is 12.2. The van der Waals surface area contributed by atoms with Crippen molar-refractivity contribution in [3.8, 4) is 0 Å². The van der Waals surface area contributed by atoms with Gasteiger partial charge in [-0.3, -0.25) is 0 Å². The molecule has 0 aliphatic rings. The third-order valence-electron chi connectivity index (χ3n) is 3.00. The summed E-state index contributed by atoms with van der Waals surface area (Å²) in [4.78, 5) is 0. The predicted octanol–water partition coefficient (Wildman–Crippen LogP) is 6.54. The summed E-state index contributed by atoms with van der Waals surface area (Å²) in [5, 5.41) is 0. The third-order valence-corrected chi connectivity index (χ3v) is 3.00. The van der Waals surface area contributed by atoms with Gasteiger partial charge in [-0.1, -0.05) is 60.7 Å². The molecular formula is C20H32Cl4CoN2. The Bertz CT molecular complexity index is 561. The molecule has 7 heteroatoms. The molecule has 0 N–H and O–H groups in total. The first-order chi connectivity index (χ1) is 12.2. The maximum atomic E-state index is 4.94. The fourth-order valence-electron chi connectivity index (χ4n) is 2.26. The molecule has 2 aromatic rings. The van der Waals surface area contributed by atoms with Crippen molar-refractivity contribution in [2.45, 2.75) is 13.1 Å². The second kappa shape index (κ2) is 12.6. The van der Waals surface area contributed by atoms with Gasteiger partial charge in [0.25, 0.3) is 0 Å². The van der Waals surface area contributed by atoms with Crippen LogP contribution in [0.4, 0.5) is 0 Å². The van der Waals surface area contributed by atoms with Crippen LogP contribution in [0.3, 0.4) is 0 Å². The average molecular weight is 501 g/mol. The van der Waals surface area contributed by atoms with Crippen molar-refractivity contribution in [3.63, 3.8) is 0 Å². The van der Waals surface area contributed by atoms with E-state index in [4.69, 9.17) is 40.6 Å². The topological polar surface area (TPSA) is 0 Å². The van der Waals surface area contributed by atoms with E-state index >= 15 is 0 Å². The van der Waals surface area contributed by atoms with E-state index in [0.717, 1.165) is 22.1 Å². The van der Waals surface area contributed by atoms with Crippen LogP contribution in [0.1, 0.15) is 11.1 Å². The van der Waals surface area contributed by atoms with Crippen molar-refractivity contribution in [3.05, 3.63) is 71.8 Å². The molecule has 0 aliphatic heterocycles. The van der Waals surface area contributed by atoms with Gasteiger partial charge in [-0.15, -0.1) is 0 Å². The first kappa shape index (κ1) is 27.0. The van der Waals surface area contributed by atoms with Crippen LogP contribution in [-0.4, -0.2) is 51.3 Å². The van der Waals surface area contributed by atoms with Gasteiger partial charge in [-0.05, 0) is 0 Å². The van der Waals surface area contributed by atoms with Gasteiger partial charge in [0.2, 0.25) is 0 Å². The molecule has 0 unspecified atom stereocenters. The summed E-state index contributed by atoms with van der Waals surface area (Å²) >= 11 is 0. The Hall–Kier alpha value is 0.0265. The Kier molecular flexibility index (Phi) is 12.6. The minimum absolute atomic E-state index is 0.990. The quantitative estimate of drug-likeness (QED) is 0.418. The molecule has 0 aliphatic carbocycles. The van der Waals surface area contributed by atoms with E-state index in [1.165, 1.54) is 11.1 Å². The number of hydrogen-bond donors (Lipinski definition) is 0. The molecule has 0 bridgehead atoms. The molecule has 0 saturated carbocycles. The van der Waals surface area contributed by atoms with Gasteiger partial charge in [-0.25, -0.2) is 0 Å². The monoisotopic (exact) mass is 499 g/mol. The Balaban J connectivity index is 0.000000405.